The van der Waals surface area contributed by atoms with Crippen molar-refractivity contribution in [3.05, 3.63) is 22.2 Å². The molecule has 0 saturated carbocycles. The molecule has 0 spiro atoms. The molecule has 2 aliphatic heterocycles. The minimum absolute atomic E-state index is 0.0463. The monoisotopic (exact) mass is 404 g/mol. The molecule has 0 atom stereocenters. The number of ether oxygens (including phenoxy) is 2. The molecule has 1 aromatic rings. The van der Waals surface area contributed by atoms with Gasteiger partial charge in [-0.1, -0.05) is 15.9 Å². The van der Waals surface area contributed by atoms with Gasteiger partial charge in [0, 0.05) is 30.1 Å². The van der Waals surface area contributed by atoms with Gasteiger partial charge in [-0.05, 0) is 30.5 Å². The van der Waals surface area contributed by atoms with E-state index in [1.165, 1.54) is 6.26 Å². The summed E-state index contributed by atoms with van der Waals surface area (Å²) in [5.74, 6) is 1.58. The smallest absolute Gasteiger partial charge is 0.208 e. The Labute approximate surface area is 145 Å². The molecule has 3 rings (SSSR count). The molecule has 1 fully saturated rings. The van der Waals surface area contributed by atoms with Crippen molar-refractivity contribution in [3.63, 3.8) is 0 Å². The third-order valence-electron chi connectivity index (χ3n) is 4.07. The first-order valence-corrected chi connectivity index (χ1v) is 10.4. The number of hydrogen-bond donors (Lipinski definition) is 1. The van der Waals surface area contributed by atoms with Crippen molar-refractivity contribution in [2.24, 2.45) is 0 Å². The van der Waals surface area contributed by atoms with E-state index in [0.717, 1.165) is 54.0 Å². The fourth-order valence-corrected chi connectivity index (χ4v) is 4.27. The number of nitrogens with one attached hydrogen (secondary N) is 1. The third kappa shape index (κ3) is 4.59. The molecule has 1 aromatic carbocycles. The second kappa shape index (κ2) is 6.96. The van der Waals surface area contributed by atoms with Crippen molar-refractivity contribution in [1.29, 1.82) is 0 Å². The minimum Gasteiger partial charge on any atom is -0.486 e. The minimum atomic E-state index is -3.12. The lowest BCUT2D eigenvalue weighted by molar-refractivity contribution is 0.170. The molecule has 6 nitrogen and oxygen atoms in total. The van der Waals surface area contributed by atoms with Gasteiger partial charge in [-0.15, -0.1) is 0 Å². The van der Waals surface area contributed by atoms with Crippen LogP contribution in [0.3, 0.4) is 0 Å². The highest BCUT2D eigenvalue weighted by Crippen LogP contribution is 2.36. The zero-order chi connectivity index (χ0) is 16.4. The summed E-state index contributed by atoms with van der Waals surface area (Å²) in [6.07, 6.45) is 2.87. The van der Waals surface area contributed by atoms with Gasteiger partial charge >= 0.3 is 0 Å². The van der Waals surface area contributed by atoms with Gasteiger partial charge in [-0.2, -0.15) is 0 Å². The molecule has 0 aromatic heterocycles. The summed E-state index contributed by atoms with van der Waals surface area (Å²) in [4.78, 5) is 2.33. The fraction of sp³-hybridized carbons (Fsp3) is 0.600. The van der Waals surface area contributed by atoms with E-state index in [0.29, 0.717) is 13.2 Å². The van der Waals surface area contributed by atoms with Gasteiger partial charge in [-0.25, -0.2) is 13.1 Å². The average Bonchev–Trinajstić information content (AvgIpc) is 2.48. The Morgan fingerprint density at radius 3 is 2.43 bits per heavy atom. The Hall–Kier alpha value is -0.830. The Bertz CT molecular complexity index is 672. The van der Waals surface area contributed by atoms with E-state index in [4.69, 9.17) is 9.47 Å². The van der Waals surface area contributed by atoms with Gasteiger partial charge in [0.05, 0.1) is 6.26 Å². The summed E-state index contributed by atoms with van der Waals surface area (Å²) in [7, 11) is -3.12. The van der Waals surface area contributed by atoms with E-state index in [9.17, 15) is 8.42 Å². The molecule has 128 valence electrons. The van der Waals surface area contributed by atoms with E-state index in [-0.39, 0.29) is 6.04 Å². The molecule has 0 aliphatic carbocycles. The maximum absolute atomic E-state index is 11.3. The van der Waals surface area contributed by atoms with Crippen molar-refractivity contribution < 1.29 is 17.9 Å². The predicted molar refractivity (Wildman–Crippen MR) is 91.4 cm³/mol. The molecular weight excluding hydrogens is 384 g/mol. The highest BCUT2D eigenvalue weighted by Gasteiger charge is 2.23. The summed E-state index contributed by atoms with van der Waals surface area (Å²) >= 11 is 3.60. The van der Waals surface area contributed by atoms with Crippen LogP contribution in [0.25, 0.3) is 0 Å². The third-order valence-corrected chi connectivity index (χ3v) is 5.57. The standard InChI is InChI=1S/C15H21BrN2O4S/c1-23(19,20)17-12-2-4-18(5-3-12)10-11-8-14-15(9-13(11)16)22-7-6-21-14/h8-9,12,17H,2-7,10H2,1H3. The molecule has 0 radical (unpaired) electrons. The molecule has 0 bridgehead atoms. The first kappa shape index (κ1) is 17.0. The van der Waals surface area contributed by atoms with Crippen molar-refractivity contribution >= 4 is 26.0 Å². The van der Waals surface area contributed by atoms with Crippen LogP contribution < -0.4 is 14.2 Å². The highest BCUT2D eigenvalue weighted by atomic mass is 79.9. The lowest BCUT2D eigenvalue weighted by atomic mass is 10.1. The Morgan fingerprint density at radius 2 is 1.83 bits per heavy atom. The number of piperidine rings is 1. The lowest BCUT2D eigenvalue weighted by Gasteiger charge is -2.32. The summed E-state index contributed by atoms with van der Waals surface area (Å²) in [6.45, 7) is 3.71. The second-order valence-corrected chi connectivity index (χ2v) is 8.66. The van der Waals surface area contributed by atoms with Gasteiger partial charge < -0.3 is 9.47 Å². The number of fused-ring (bicyclic) bond motifs is 1. The topological polar surface area (TPSA) is 67.9 Å². The van der Waals surface area contributed by atoms with Crippen LogP contribution in [0.2, 0.25) is 0 Å². The van der Waals surface area contributed by atoms with Crippen LogP contribution in [-0.2, 0) is 16.6 Å². The molecule has 2 heterocycles. The van der Waals surface area contributed by atoms with Crippen LogP contribution in [0.1, 0.15) is 18.4 Å². The van der Waals surface area contributed by atoms with Gasteiger partial charge in [-0.3, -0.25) is 4.90 Å². The zero-order valence-corrected chi connectivity index (χ0v) is 15.5. The van der Waals surface area contributed by atoms with Crippen LogP contribution in [-0.4, -0.2) is 51.9 Å². The number of halogens is 1. The Balaban J connectivity index is 1.60. The van der Waals surface area contributed by atoms with Gasteiger partial charge in [0.2, 0.25) is 10.0 Å². The van der Waals surface area contributed by atoms with Crippen LogP contribution in [0, 0.1) is 0 Å². The van der Waals surface area contributed by atoms with Crippen LogP contribution >= 0.6 is 15.9 Å². The van der Waals surface area contributed by atoms with Crippen molar-refractivity contribution in [2.75, 3.05) is 32.6 Å². The second-order valence-electron chi connectivity index (χ2n) is 6.03. The molecule has 8 heteroatoms. The first-order valence-electron chi connectivity index (χ1n) is 7.68. The largest absolute Gasteiger partial charge is 0.486 e. The number of nitrogens with zero attached hydrogens (tertiary/aromatic N) is 1. The quantitative estimate of drug-likeness (QED) is 0.827. The summed E-state index contributed by atoms with van der Waals surface area (Å²) < 4.78 is 37.5. The maximum atomic E-state index is 11.3. The van der Waals surface area contributed by atoms with Crippen molar-refractivity contribution in [3.8, 4) is 11.5 Å². The van der Waals surface area contributed by atoms with Crippen LogP contribution in [0.15, 0.2) is 16.6 Å². The molecule has 2 aliphatic rings. The number of hydrogen-bond acceptors (Lipinski definition) is 5. The van der Waals surface area contributed by atoms with E-state index in [1.54, 1.807) is 0 Å². The number of sulfonamides is 1. The lowest BCUT2D eigenvalue weighted by Crippen LogP contribution is -2.44. The fourth-order valence-electron chi connectivity index (χ4n) is 2.98. The zero-order valence-electron chi connectivity index (χ0n) is 13.0. The molecule has 0 amide bonds. The number of likely N-dealkylation sites (tertiary alicyclic amines) is 1. The van der Waals surface area contributed by atoms with Crippen LogP contribution in [0.4, 0.5) is 0 Å². The first-order chi connectivity index (χ1) is 10.9. The number of rotatable bonds is 4. The molecule has 1 saturated heterocycles. The summed E-state index contributed by atoms with van der Waals surface area (Å²) in [5, 5.41) is 0. The van der Waals surface area contributed by atoms with Gasteiger partial charge in [0.15, 0.2) is 11.5 Å². The average molecular weight is 405 g/mol. The van der Waals surface area contributed by atoms with Crippen molar-refractivity contribution in [1.82, 2.24) is 9.62 Å². The number of benzene rings is 1. The van der Waals surface area contributed by atoms with Gasteiger partial charge in [0.25, 0.3) is 0 Å². The molecule has 1 N–H and O–H groups in total. The van der Waals surface area contributed by atoms with E-state index in [2.05, 4.69) is 25.6 Å². The Kier molecular flexibility index (Phi) is 5.15. The molecular formula is C15H21BrN2O4S. The van der Waals surface area contributed by atoms with Gasteiger partial charge in [0.1, 0.15) is 13.2 Å². The summed E-state index contributed by atoms with van der Waals surface area (Å²) in [5.41, 5.74) is 1.16. The molecule has 0 unspecified atom stereocenters. The molecule has 23 heavy (non-hydrogen) atoms. The van der Waals surface area contributed by atoms with E-state index >= 15 is 0 Å². The predicted octanol–water partition coefficient (Wildman–Crippen LogP) is 1.73. The van der Waals surface area contributed by atoms with Crippen LogP contribution in [0.5, 0.6) is 11.5 Å². The Morgan fingerprint density at radius 1 is 1.22 bits per heavy atom. The SMILES string of the molecule is CS(=O)(=O)NC1CCN(Cc2cc3c(cc2Br)OCCO3)CC1. The van der Waals surface area contributed by atoms with E-state index < -0.39 is 10.0 Å². The highest BCUT2D eigenvalue weighted by molar-refractivity contribution is 9.10. The van der Waals surface area contributed by atoms with E-state index in [1.807, 2.05) is 12.1 Å². The maximum Gasteiger partial charge on any atom is 0.208 e. The normalized spacial score (nSPS) is 19.7. The van der Waals surface area contributed by atoms with Crippen molar-refractivity contribution in [2.45, 2.75) is 25.4 Å². The summed E-state index contributed by atoms with van der Waals surface area (Å²) in [6, 6.07) is 4.03.